The van der Waals surface area contributed by atoms with Gasteiger partial charge in [0.05, 0.1) is 11.9 Å². The summed E-state index contributed by atoms with van der Waals surface area (Å²) in [5.41, 5.74) is 1.07. The Labute approximate surface area is 115 Å². The minimum Gasteiger partial charge on any atom is -0.391 e. The summed E-state index contributed by atoms with van der Waals surface area (Å²) in [4.78, 5) is 0. The predicted octanol–water partition coefficient (Wildman–Crippen LogP) is 1.00. The molecule has 2 unspecified atom stereocenters. The van der Waals surface area contributed by atoms with E-state index in [1.54, 1.807) is 6.92 Å². The molecule has 0 spiro atoms. The Bertz CT molecular complexity index is 459. The van der Waals surface area contributed by atoms with Crippen LogP contribution in [0, 0.1) is 0 Å². The summed E-state index contributed by atoms with van der Waals surface area (Å²) in [5, 5.41) is 13.0. The number of rotatable bonds is 8. The van der Waals surface area contributed by atoms with Gasteiger partial charge in [-0.1, -0.05) is 37.3 Å². The van der Waals surface area contributed by atoms with Crippen LogP contribution in [0.5, 0.6) is 0 Å². The van der Waals surface area contributed by atoms with Crippen LogP contribution < -0.4 is 5.32 Å². The molecule has 0 bridgehead atoms. The first-order valence-corrected chi connectivity index (χ1v) is 8.41. The average molecular weight is 285 g/mol. The van der Waals surface area contributed by atoms with E-state index in [0.29, 0.717) is 13.0 Å². The normalized spacial score (nSPS) is 15.1. The standard InChI is InChI=1S/C14H23NO3S/c1-3-19(17,18)11-12(2)15-10-14(16)9-13-7-5-4-6-8-13/h4-8,12,14-16H,3,9-11H2,1-2H3. The highest BCUT2D eigenvalue weighted by Crippen LogP contribution is 2.03. The Morgan fingerprint density at radius 3 is 2.47 bits per heavy atom. The van der Waals surface area contributed by atoms with E-state index in [2.05, 4.69) is 5.32 Å². The van der Waals surface area contributed by atoms with Crippen molar-refractivity contribution in [1.82, 2.24) is 5.32 Å². The smallest absolute Gasteiger partial charge is 0.151 e. The number of hydrogen-bond donors (Lipinski definition) is 2. The van der Waals surface area contributed by atoms with Gasteiger partial charge in [0, 0.05) is 18.3 Å². The molecule has 5 heteroatoms. The lowest BCUT2D eigenvalue weighted by Gasteiger charge is -2.17. The quantitative estimate of drug-likeness (QED) is 0.748. The predicted molar refractivity (Wildman–Crippen MR) is 77.9 cm³/mol. The lowest BCUT2D eigenvalue weighted by atomic mass is 10.1. The Kier molecular flexibility index (Phi) is 6.48. The fourth-order valence-electron chi connectivity index (χ4n) is 1.85. The molecule has 0 saturated carbocycles. The highest BCUT2D eigenvalue weighted by atomic mass is 32.2. The molecule has 2 N–H and O–H groups in total. The maximum Gasteiger partial charge on any atom is 0.151 e. The van der Waals surface area contributed by atoms with Crippen LogP contribution in [-0.2, 0) is 16.3 Å². The number of sulfone groups is 1. The molecule has 108 valence electrons. The Morgan fingerprint density at radius 1 is 1.26 bits per heavy atom. The van der Waals surface area contributed by atoms with E-state index in [9.17, 15) is 13.5 Å². The van der Waals surface area contributed by atoms with Crippen molar-refractivity contribution in [1.29, 1.82) is 0 Å². The van der Waals surface area contributed by atoms with Gasteiger partial charge in [-0.3, -0.25) is 0 Å². The van der Waals surface area contributed by atoms with Gasteiger partial charge in [0.2, 0.25) is 0 Å². The van der Waals surface area contributed by atoms with Gasteiger partial charge in [-0.2, -0.15) is 0 Å². The van der Waals surface area contributed by atoms with Crippen molar-refractivity contribution in [3.63, 3.8) is 0 Å². The third kappa shape index (κ3) is 6.71. The zero-order valence-electron chi connectivity index (χ0n) is 11.5. The Balaban J connectivity index is 2.32. The van der Waals surface area contributed by atoms with E-state index in [-0.39, 0.29) is 17.5 Å². The molecule has 0 aliphatic carbocycles. The van der Waals surface area contributed by atoms with Gasteiger partial charge in [-0.25, -0.2) is 8.42 Å². The molecule has 0 saturated heterocycles. The fraction of sp³-hybridized carbons (Fsp3) is 0.571. The SMILES string of the molecule is CCS(=O)(=O)CC(C)NCC(O)Cc1ccccc1. The summed E-state index contributed by atoms with van der Waals surface area (Å²) < 4.78 is 22.9. The maximum absolute atomic E-state index is 11.4. The lowest BCUT2D eigenvalue weighted by molar-refractivity contribution is 0.169. The van der Waals surface area contributed by atoms with Crippen LogP contribution in [0.2, 0.25) is 0 Å². The first-order chi connectivity index (χ1) is 8.93. The number of benzene rings is 1. The van der Waals surface area contributed by atoms with E-state index in [1.807, 2.05) is 37.3 Å². The number of hydrogen-bond acceptors (Lipinski definition) is 4. The molecule has 0 heterocycles. The van der Waals surface area contributed by atoms with Crippen LogP contribution in [0.4, 0.5) is 0 Å². The van der Waals surface area contributed by atoms with E-state index >= 15 is 0 Å². The Hall–Kier alpha value is -0.910. The van der Waals surface area contributed by atoms with Crippen molar-refractivity contribution in [2.75, 3.05) is 18.1 Å². The average Bonchev–Trinajstić information content (AvgIpc) is 2.37. The molecule has 1 aromatic carbocycles. The second-order valence-corrected chi connectivity index (χ2v) is 7.25. The van der Waals surface area contributed by atoms with Gasteiger partial charge in [0.25, 0.3) is 0 Å². The Morgan fingerprint density at radius 2 is 1.89 bits per heavy atom. The van der Waals surface area contributed by atoms with Crippen molar-refractivity contribution in [3.05, 3.63) is 35.9 Å². The molecule has 4 nitrogen and oxygen atoms in total. The third-order valence-corrected chi connectivity index (χ3v) is 4.85. The summed E-state index contributed by atoms with van der Waals surface area (Å²) in [6, 6.07) is 9.60. The molecule has 1 aromatic rings. The molecule has 2 atom stereocenters. The van der Waals surface area contributed by atoms with Gasteiger partial charge in [0.1, 0.15) is 0 Å². The van der Waals surface area contributed by atoms with Gasteiger partial charge >= 0.3 is 0 Å². The molecule has 0 aromatic heterocycles. The van der Waals surface area contributed by atoms with Crippen molar-refractivity contribution in [2.45, 2.75) is 32.4 Å². The van der Waals surface area contributed by atoms with Crippen molar-refractivity contribution < 1.29 is 13.5 Å². The van der Waals surface area contributed by atoms with Crippen molar-refractivity contribution in [2.24, 2.45) is 0 Å². The summed E-state index contributed by atoms with van der Waals surface area (Å²) in [5.74, 6) is 0.271. The highest BCUT2D eigenvalue weighted by molar-refractivity contribution is 7.91. The van der Waals surface area contributed by atoms with Crippen LogP contribution in [0.25, 0.3) is 0 Å². The van der Waals surface area contributed by atoms with E-state index in [1.165, 1.54) is 0 Å². The van der Waals surface area contributed by atoms with E-state index < -0.39 is 15.9 Å². The first-order valence-electron chi connectivity index (χ1n) is 6.58. The van der Waals surface area contributed by atoms with Crippen molar-refractivity contribution >= 4 is 9.84 Å². The monoisotopic (exact) mass is 285 g/mol. The summed E-state index contributed by atoms with van der Waals surface area (Å²) in [6.45, 7) is 3.87. The van der Waals surface area contributed by atoms with E-state index in [0.717, 1.165) is 5.56 Å². The third-order valence-electron chi connectivity index (χ3n) is 2.96. The van der Waals surface area contributed by atoms with Crippen LogP contribution in [0.3, 0.4) is 0 Å². The van der Waals surface area contributed by atoms with Gasteiger partial charge in [-0.05, 0) is 18.9 Å². The first kappa shape index (κ1) is 16.1. The minimum atomic E-state index is -2.97. The molecule has 0 aliphatic rings. The zero-order chi connectivity index (χ0) is 14.3. The van der Waals surface area contributed by atoms with Crippen LogP contribution in [0.15, 0.2) is 30.3 Å². The maximum atomic E-state index is 11.4. The molecule has 19 heavy (non-hydrogen) atoms. The molecule has 0 amide bonds. The van der Waals surface area contributed by atoms with Gasteiger partial charge in [-0.15, -0.1) is 0 Å². The minimum absolute atomic E-state index is 0.113. The number of nitrogens with one attached hydrogen (secondary N) is 1. The van der Waals surface area contributed by atoms with Crippen molar-refractivity contribution in [3.8, 4) is 0 Å². The van der Waals surface area contributed by atoms with Crippen LogP contribution >= 0.6 is 0 Å². The topological polar surface area (TPSA) is 66.4 Å². The van der Waals surface area contributed by atoms with Gasteiger partial charge in [0.15, 0.2) is 9.84 Å². The van der Waals surface area contributed by atoms with Gasteiger partial charge < -0.3 is 10.4 Å². The second kappa shape index (κ2) is 7.62. The summed E-state index contributed by atoms with van der Waals surface area (Å²) >= 11 is 0. The molecule has 0 fully saturated rings. The largest absolute Gasteiger partial charge is 0.391 e. The highest BCUT2D eigenvalue weighted by Gasteiger charge is 2.14. The second-order valence-electron chi connectivity index (χ2n) is 4.85. The fourth-order valence-corrected chi connectivity index (χ4v) is 2.97. The lowest BCUT2D eigenvalue weighted by Crippen LogP contribution is -2.39. The molecule has 0 aliphatic heterocycles. The zero-order valence-corrected chi connectivity index (χ0v) is 12.4. The van der Waals surface area contributed by atoms with Crippen LogP contribution in [0.1, 0.15) is 19.4 Å². The molecule has 1 rings (SSSR count). The number of aliphatic hydroxyl groups is 1. The molecular weight excluding hydrogens is 262 g/mol. The summed E-state index contributed by atoms with van der Waals surface area (Å²) in [6.07, 6.45) is 0.0651. The molecular formula is C14H23NO3S. The number of aliphatic hydroxyl groups excluding tert-OH is 1. The van der Waals surface area contributed by atoms with Crippen LogP contribution in [-0.4, -0.2) is 43.7 Å². The molecule has 0 radical (unpaired) electrons. The van der Waals surface area contributed by atoms with E-state index in [4.69, 9.17) is 0 Å². The summed E-state index contributed by atoms with van der Waals surface area (Å²) in [7, 11) is -2.97.